The molecule has 1 saturated carbocycles. The highest BCUT2D eigenvalue weighted by molar-refractivity contribution is 7.99. The predicted octanol–water partition coefficient (Wildman–Crippen LogP) is 1.93. The minimum absolute atomic E-state index is 0.0613. The molecule has 0 aromatic rings. The number of nitrogens with one attached hydrogen (secondary N) is 1. The number of carbonyl (C=O) groups excluding carboxylic acids is 2. The maximum Gasteiger partial charge on any atom is 0.248 e. The van der Waals surface area contributed by atoms with Crippen LogP contribution in [0.15, 0.2) is 0 Å². The van der Waals surface area contributed by atoms with Crippen molar-refractivity contribution >= 4 is 23.6 Å². The summed E-state index contributed by atoms with van der Waals surface area (Å²) in [7, 11) is 0. The Labute approximate surface area is 125 Å². The first-order chi connectivity index (χ1) is 9.71. The number of thioether (sulfide) groups is 1. The van der Waals surface area contributed by atoms with Gasteiger partial charge in [-0.15, -0.1) is 0 Å². The maximum absolute atomic E-state index is 13.1. The van der Waals surface area contributed by atoms with Crippen LogP contribution in [0.25, 0.3) is 0 Å². The van der Waals surface area contributed by atoms with E-state index in [0.717, 1.165) is 37.9 Å². The van der Waals surface area contributed by atoms with Crippen molar-refractivity contribution in [1.29, 1.82) is 0 Å². The molecule has 0 aromatic carbocycles. The van der Waals surface area contributed by atoms with Crippen LogP contribution in [0.5, 0.6) is 0 Å². The van der Waals surface area contributed by atoms with Crippen molar-refractivity contribution < 1.29 is 9.59 Å². The van der Waals surface area contributed by atoms with E-state index in [4.69, 9.17) is 0 Å². The van der Waals surface area contributed by atoms with Crippen LogP contribution < -0.4 is 5.32 Å². The molecular weight excluding hydrogens is 272 g/mol. The lowest BCUT2D eigenvalue weighted by Gasteiger charge is -2.41. The Hall–Kier alpha value is -0.710. The number of rotatable bonds is 1. The molecule has 20 heavy (non-hydrogen) atoms. The number of amides is 2. The minimum Gasteiger partial charge on any atom is -0.342 e. The average molecular weight is 296 g/mol. The van der Waals surface area contributed by atoms with Gasteiger partial charge in [0.1, 0.15) is 5.54 Å². The number of hydrogen-bond acceptors (Lipinski definition) is 3. The summed E-state index contributed by atoms with van der Waals surface area (Å²) >= 11 is 1.94. The molecule has 2 heterocycles. The highest BCUT2D eigenvalue weighted by atomic mass is 32.2. The fourth-order valence-corrected chi connectivity index (χ4v) is 4.95. The lowest BCUT2D eigenvalue weighted by Crippen LogP contribution is -2.60. The van der Waals surface area contributed by atoms with Gasteiger partial charge >= 0.3 is 0 Å². The third kappa shape index (κ3) is 2.69. The maximum atomic E-state index is 13.1. The van der Waals surface area contributed by atoms with Gasteiger partial charge in [0.15, 0.2) is 0 Å². The Balaban J connectivity index is 1.82. The van der Waals surface area contributed by atoms with E-state index in [1.165, 1.54) is 18.6 Å². The third-order valence-electron chi connectivity index (χ3n) is 4.91. The first-order valence-corrected chi connectivity index (χ1v) is 9.07. The molecule has 1 aliphatic carbocycles. The molecule has 0 aromatic heterocycles. The van der Waals surface area contributed by atoms with Crippen LogP contribution in [0.2, 0.25) is 0 Å². The molecule has 2 saturated heterocycles. The normalized spacial score (nSPS) is 31.0. The summed E-state index contributed by atoms with van der Waals surface area (Å²) in [6.07, 6.45) is 7.70. The third-order valence-corrected chi connectivity index (χ3v) is 6.11. The SMILES string of the molecule is O=C1CCN(C2CCCSC2)C(=O)C2(CCCCC2)N1. The first kappa shape index (κ1) is 14.2. The Morgan fingerprint density at radius 3 is 2.65 bits per heavy atom. The van der Waals surface area contributed by atoms with E-state index in [9.17, 15) is 9.59 Å². The van der Waals surface area contributed by atoms with E-state index in [-0.39, 0.29) is 11.8 Å². The molecule has 1 atom stereocenters. The molecule has 0 bridgehead atoms. The lowest BCUT2D eigenvalue weighted by molar-refractivity contribution is -0.142. The van der Waals surface area contributed by atoms with Gasteiger partial charge in [0, 0.05) is 24.8 Å². The summed E-state index contributed by atoms with van der Waals surface area (Å²) in [5, 5.41) is 3.08. The molecule has 3 fully saturated rings. The second-order valence-corrected chi connectivity index (χ2v) is 7.46. The summed E-state index contributed by atoms with van der Waals surface area (Å²) in [6, 6.07) is 0.341. The van der Waals surface area contributed by atoms with Gasteiger partial charge in [0.25, 0.3) is 0 Å². The zero-order chi connectivity index (χ0) is 14.0. The average Bonchev–Trinajstić information content (AvgIpc) is 2.59. The highest BCUT2D eigenvalue weighted by Crippen LogP contribution is 2.33. The van der Waals surface area contributed by atoms with E-state index >= 15 is 0 Å². The molecule has 5 heteroatoms. The standard InChI is InChI=1S/C15H24N2O2S/c18-13-6-9-17(12-5-4-10-20-11-12)14(19)15(16-13)7-2-1-3-8-15/h12H,1-11H2,(H,16,18). The van der Waals surface area contributed by atoms with Gasteiger partial charge in [-0.3, -0.25) is 9.59 Å². The predicted molar refractivity (Wildman–Crippen MR) is 80.6 cm³/mol. The zero-order valence-corrected chi connectivity index (χ0v) is 12.8. The fourth-order valence-electron chi connectivity index (χ4n) is 3.79. The van der Waals surface area contributed by atoms with E-state index in [2.05, 4.69) is 5.32 Å². The summed E-state index contributed by atoms with van der Waals surface area (Å²) in [4.78, 5) is 27.1. The molecule has 4 nitrogen and oxygen atoms in total. The number of hydrogen-bond donors (Lipinski definition) is 1. The van der Waals surface area contributed by atoms with Crippen molar-refractivity contribution in [3.63, 3.8) is 0 Å². The molecule has 2 amide bonds. The van der Waals surface area contributed by atoms with Crippen molar-refractivity contribution in [2.75, 3.05) is 18.1 Å². The summed E-state index contributed by atoms with van der Waals surface area (Å²) in [5.41, 5.74) is -0.575. The molecule has 3 aliphatic rings. The fraction of sp³-hybridized carbons (Fsp3) is 0.867. The number of nitrogens with zero attached hydrogens (tertiary/aromatic N) is 1. The van der Waals surface area contributed by atoms with Crippen molar-refractivity contribution in [2.24, 2.45) is 0 Å². The monoisotopic (exact) mass is 296 g/mol. The van der Waals surface area contributed by atoms with Crippen LogP contribution in [-0.2, 0) is 9.59 Å². The van der Waals surface area contributed by atoms with Gasteiger partial charge in [-0.05, 0) is 31.4 Å². The van der Waals surface area contributed by atoms with Crippen LogP contribution >= 0.6 is 11.8 Å². The van der Waals surface area contributed by atoms with Gasteiger partial charge in [-0.25, -0.2) is 0 Å². The molecule has 112 valence electrons. The van der Waals surface area contributed by atoms with Gasteiger partial charge in [-0.1, -0.05) is 19.3 Å². The Morgan fingerprint density at radius 2 is 1.95 bits per heavy atom. The minimum atomic E-state index is -0.575. The Bertz CT molecular complexity index is 387. The summed E-state index contributed by atoms with van der Waals surface area (Å²) in [5.74, 6) is 2.51. The molecule has 1 spiro atoms. The van der Waals surface area contributed by atoms with Crippen LogP contribution in [0.1, 0.15) is 51.4 Å². The van der Waals surface area contributed by atoms with E-state index in [0.29, 0.717) is 19.0 Å². The topological polar surface area (TPSA) is 49.4 Å². The van der Waals surface area contributed by atoms with Gasteiger partial charge in [0.05, 0.1) is 0 Å². The highest BCUT2D eigenvalue weighted by Gasteiger charge is 2.46. The van der Waals surface area contributed by atoms with Crippen molar-refractivity contribution in [3.8, 4) is 0 Å². The second-order valence-electron chi connectivity index (χ2n) is 6.31. The molecular formula is C15H24N2O2S. The van der Waals surface area contributed by atoms with Gasteiger partial charge in [-0.2, -0.15) is 11.8 Å². The van der Waals surface area contributed by atoms with Crippen molar-refractivity contribution in [1.82, 2.24) is 10.2 Å². The molecule has 3 rings (SSSR count). The quantitative estimate of drug-likeness (QED) is 0.804. The zero-order valence-electron chi connectivity index (χ0n) is 12.0. The van der Waals surface area contributed by atoms with Gasteiger partial charge in [0.2, 0.25) is 11.8 Å². The van der Waals surface area contributed by atoms with Crippen LogP contribution in [-0.4, -0.2) is 46.3 Å². The van der Waals surface area contributed by atoms with Crippen LogP contribution in [0.4, 0.5) is 0 Å². The smallest absolute Gasteiger partial charge is 0.248 e. The van der Waals surface area contributed by atoms with E-state index in [1.54, 1.807) is 0 Å². The largest absolute Gasteiger partial charge is 0.342 e. The van der Waals surface area contributed by atoms with Crippen LogP contribution in [0, 0.1) is 0 Å². The Kier molecular flexibility index (Phi) is 4.24. The van der Waals surface area contributed by atoms with Crippen molar-refractivity contribution in [2.45, 2.75) is 62.9 Å². The molecule has 1 N–H and O–H groups in total. The Morgan fingerprint density at radius 1 is 1.15 bits per heavy atom. The summed E-state index contributed by atoms with van der Waals surface area (Å²) < 4.78 is 0. The first-order valence-electron chi connectivity index (χ1n) is 7.91. The number of carbonyl (C=O) groups is 2. The van der Waals surface area contributed by atoms with E-state index < -0.39 is 5.54 Å². The molecule has 2 aliphatic heterocycles. The molecule has 0 radical (unpaired) electrons. The lowest BCUT2D eigenvalue weighted by atomic mass is 9.80. The molecule has 1 unspecified atom stereocenters. The van der Waals surface area contributed by atoms with E-state index in [1.807, 2.05) is 16.7 Å². The summed E-state index contributed by atoms with van der Waals surface area (Å²) in [6.45, 7) is 0.609. The second kappa shape index (κ2) is 5.96. The van der Waals surface area contributed by atoms with Gasteiger partial charge < -0.3 is 10.2 Å². The van der Waals surface area contributed by atoms with Crippen LogP contribution in [0.3, 0.4) is 0 Å². The van der Waals surface area contributed by atoms with Crippen molar-refractivity contribution in [3.05, 3.63) is 0 Å².